The minimum absolute atomic E-state index is 0.197. The first kappa shape index (κ1) is 16.7. The van der Waals surface area contributed by atoms with Crippen LogP contribution >= 0.6 is 31.9 Å². The molecule has 3 rings (SSSR count). The van der Waals surface area contributed by atoms with Crippen molar-refractivity contribution in [2.75, 3.05) is 6.26 Å². The van der Waals surface area contributed by atoms with Crippen LogP contribution in [0, 0.1) is 0 Å². The predicted molar refractivity (Wildman–Crippen MR) is 100 cm³/mol. The van der Waals surface area contributed by atoms with Crippen LogP contribution in [0.2, 0.25) is 0 Å². The number of sulfonamides is 1. The van der Waals surface area contributed by atoms with Gasteiger partial charge in [-0.15, -0.1) is 0 Å². The Bertz CT molecular complexity index is 843. The summed E-state index contributed by atoms with van der Waals surface area (Å²) in [5.74, 6) is 0. The van der Waals surface area contributed by atoms with Crippen molar-refractivity contribution < 1.29 is 8.42 Å². The Balaban J connectivity index is 1.99. The average molecular weight is 457 g/mol. The highest BCUT2D eigenvalue weighted by Gasteiger charge is 2.32. The Labute approximate surface area is 153 Å². The Morgan fingerprint density at radius 2 is 1.48 bits per heavy atom. The van der Waals surface area contributed by atoms with Crippen LogP contribution in [-0.4, -0.2) is 19.0 Å². The summed E-state index contributed by atoms with van der Waals surface area (Å²) in [6, 6.07) is 15.5. The number of halogens is 2. The van der Waals surface area contributed by atoms with Crippen molar-refractivity contribution in [1.82, 2.24) is 4.31 Å². The molecule has 2 aromatic rings. The largest absolute Gasteiger partial charge is 0.269 e. The van der Waals surface area contributed by atoms with Crippen LogP contribution in [0.5, 0.6) is 0 Å². The summed E-state index contributed by atoms with van der Waals surface area (Å²) in [5.41, 5.74) is 3.05. The summed E-state index contributed by atoms with van der Waals surface area (Å²) in [5, 5.41) is 0. The van der Waals surface area contributed by atoms with Crippen molar-refractivity contribution in [3.05, 3.63) is 74.8 Å². The monoisotopic (exact) mass is 455 g/mol. The van der Waals surface area contributed by atoms with Gasteiger partial charge in [-0.25, -0.2) is 8.42 Å². The summed E-state index contributed by atoms with van der Waals surface area (Å²) in [7, 11) is -3.32. The Hall–Kier alpha value is -1.11. The lowest BCUT2D eigenvalue weighted by atomic mass is 9.98. The molecule has 0 spiro atoms. The van der Waals surface area contributed by atoms with Crippen molar-refractivity contribution in [3.63, 3.8) is 0 Å². The first-order valence-electron chi connectivity index (χ1n) is 7.05. The standard InChI is InChI=1S/C17H15Br2NO2S/c1-23(21,22)20-11-14(12-2-6-15(18)7-3-12)10-17(20)13-4-8-16(19)9-5-13/h2-9,11,17H,10H2,1H3. The lowest BCUT2D eigenvalue weighted by Crippen LogP contribution is -2.26. The first-order valence-corrected chi connectivity index (χ1v) is 10.5. The van der Waals surface area contributed by atoms with Crippen LogP contribution in [-0.2, 0) is 10.0 Å². The molecule has 0 amide bonds. The summed E-state index contributed by atoms with van der Waals surface area (Å²) in [6.07, 6.45) is 3.67. The fraction of sp³-hybridized carbons (Fsp3) is 0.176. The molecule has 1 atom stereocenters. The maximum absolute atomic E-state index is 12.2. The molecule has 23 heavy (non-hydrogen) atoms. The van der Waals surface area contributed by atoms with E-state index in [-0.39, 0.29) is 6.04 Å². The molecule has 2 aromatic carbocycles. The van der Waals surface area contributed by atoms with Crippen molar-refractivity contribution >= 4 is 47.5 Å². The number of hydrogen-bond donors (Lipinski definition) is 0. The van der Waals surface area contributed by atoms with Crippen molar-refractivity contribution in [2.45, 2.75) is 12.5 Å². The predicted octanol–water partition coefficient (Wildman–Crippen LogP) is 4.96. The van der Waals surface area contributed by atoms with Gasteiger partial charge in [0.1, 0.15) is 0 Å². The van der Waals surface area contributed by atoms with E-state index in [1.54, 1.807) is 6.20 Å². The molecule has 1 aliphatic rings. The molecule has 1 unspecified atom stereocenters. The van der Waals surface area contributed by atoms with Crippen LogP contribution in [0.4, 0.5) is 0 Å². The maximum Gasteiger partial charge on any atom is 0.232 e. The van der Waals surface area contributed by atoms with E-state index in [1.165, 1.54) is 10.6 Å². The fourth-order valence-corrected chi connectivity index (χ4v) is 4.23. The van der Waals surface area contributed by atoms with Gasteiger partial charge in [-0.05, 0) is 41.0 Å². The number of hydrogen-bond acceptors (Lipinski definition) is 2. The molecule has 0 aliphatic carbocycles. The first-order chi connectivity index (χ1) is 10.8. The van der Waals surface area contributed by atoms with Crippen LogP contribution in [0.25, 0.3) is 5.57 Å². The van der Waals surface area contributed by atoms with E-state index < -0.39 is 10.0 Å². The highest BCUT2D eigenvalue weighted by atomic mass is 79.9. The molecule has 0 N–H and O–H groups in total. The third-order valence-corrected chi connectivity index (χ3v) is 6.04. The van der Waals surface area contributed by atoms with Crippen LogP contribution in [0.3, 0.4) is 0 Å². The van der Waals surface area contributed by atoms with E-state index in [1.807, 2.05) is 48.5 Å². The molecule has 0 bridgehead atoms. The number of benzene rings is 2. The molecule has 0 radical (unpaired) electrons. The van der Waals surface area contributed by atoms with Gasteiger partial charge in [0.25, 0.3) is 0 Å². The summed E-state index contributed by atoms with van der Waals surface area (Å²) in [6.45, 7) is 0. The smallest absolute Gasteiger partial charge is 0.232 e. The second-order valence-electron chi connectivity index (χ2n) is 5.53. The van der Waals surface area contributed by atoms with Gasteiger partial charge in [0.05, 0.1) is 12.3 Å². The van der Waals surface area contributed by atoms with Gasteiger partial charge in [0.15, 0.2) is 0 Å². The molecular weight excluding hydrogens is 442 g/mol. The zero-order chi connectivity index (χ0) is 16.6. The maximum atomic E-state index is 12.2. The van der Waals surface area contributed by atoms with Gasteiger partial charge in [-0.3, -0.25) is 4.31 Å². The summed E-state index contributed by atoms with van der Waals surface area (Å²) >= 11 is 6.84. The highest BCUT2D eigenvalue weighted by Crippen LogP contribution is 2.40. The molecule has 1 aliphatic heterocycles. The van der Waals surface area contributed by atoms with E-state index in [0.717, 1.165) is 25.6 Å². The average Bonchev–Trinajstić information content (AvgIpc) is 2.94. The Kier molecular flexibility index (Phi) is 4.67. The molecule has 3 nitrogen and oxygen atoms in total. The SMILES string of the molecule is CS(=O)(=O)N1C=C(c2ccc(Br)cc2)CC1c1ccc(Br)cc1. The fourth-order valence-electron chi connectivity index (χ4n) is 2.73. The molecule has 0 saturated heterocycles. The lowest BCUT2D eigenvalue weighted by molar-refractivity contribution is 0.439. The molecule has 120 valence electrons. The minimum Gasteiger partial charge on any atom is -0.269 e. The van der Waals surface area contributed by atoms with Gasteiger partial charge in [-0.1, -0.05) is 56.1 Å². The van der Waals surface area contributed by atoms with Crippen LogP contribution in [0.15, 0.2) is 63.7 Å². The molecular formula is C17H15Br2NO2S. The third kappa shape index (κ3) is 3.70. The Morgan fingerprint density at radius 1 is 0.957 bits per heavy atom. The lowest BCUT2D eigenvalue weighted by Gasteiger charge is -2.23. The minimum atomic E-state index is -3.32. The zero-order valence-corrected chi connectivity index (χ0v) is 16.4. The van der Waals surface area contributed by atoms with E-state index in [4.69, 9.17) is 0 Å². The van der Waals surface area contributed by atoms with E-state index >= 15 is 0 Å². The molecule has 0 fully saturated rings. The molecule has 6 heteroatoms. The van der Waals surface area contributed by atoms with E-state index in [9.17, 15) is 8.42 Å². The van der Waals surface area contributed by atoms with E-state index in [0.29, 0.717) is 6.42 Å². The van der Waals surface area contributed by atoms with Gasteiger partial charge in [0.2, 0.25) is 10.0 Å². The highest BCUT2D eigenvalue weighted by molar-refractivity contribution is 9.10. The van der Waals surface area contributed by atoms with Crippen LogP contribution in [0.1, 0.15) is 23.6 Å². The summed E-state index contributed by atoms with van der Waals surface area (Å²) in [4.78, 5) is 0. The van der Waals surface area contributed by atoms with Crippen molar-refractivity contribution in [2.24, 2.45) is 0 Å². The Morgan fingerprint density at radius 3 is 2.00 bits per heavy atom. The second kappa shape index (κ2) is 6.42. The van der Waals surface area contributed by atoms with Crippen molar-refractivity contribution in [3.8, 4) is 0 Å². The van der Waals surface area contributed by atoms with Crippen LogP contribution < -0.4 is 0 Å². The van der Waals surface area contributed by atoms with E-state index in [2.05, 4.69) is 31.9 Å². The normalized spacial score (nSPS) is 18.1. The van der Waals surface area contributed by atoms with Crippen molar-refractivity contribution in [1.29, 1.82) is 0 Å². The number of nitrogens with zero attached hydrogens (tertiary/aromatic N) is 1. The summed E-state index contributed by atoms with van der Waals surface area (Å²) < 4.78 is 27.8. The molecule has 0 aromatic heterocycles. The second-order valence-corrected chi connectivity index (χ2v) is 9.24. The zero-order valence-electron chi connectivity index (χ0n) is 12.4. The van der Waals surface area contributed by atoms with Gasteiger partial charge >= 0.3 is 0 Å². The molecule has 1 heterocycles. The topological polar surface area (TPSA) is 37.4 Å². The molecule has 0 saturated carbocycles. The quantitative estimate of drug-likeness (QED) is 0.654. The van der Waals surface area contributed by atoms with Gasteiger partial charge < -0.3 is 0 Å². The third-order valence-electron chi connectivity index (χ3n) is 3.86. The number of rotatable bonds is 3. The van der Waals surface area contributed by atoms with Gasteiger partial charge in [0, 0.05) is 21.6 Å². The van der Waals surface area contributed by atoms with Gasteiger partial charge in [-0.2, -0.15) is 0 Å².